The van der Waals surface area contributed by atoms with Crippen LogP contribution >= 0.6 is 0 Å². The van der Waals surface area contributed by atoms with Crippen LogP contribution in [-0.2, 0) is 7.05 Å². The molecule has 0 aliphatic heterocycles. The standard InChI is InChI=1S/C23H19FN6O/c1-13(29-23-17(11-25)22(26)27-12-28-23)19-20(14-6-5-7-15(24)10-14)30(2)18-9-4-3-8-16(18)21(19)31/h3-10,12-13H,1-2H3,(H3,26,27,28,29). The summed E-state index contributed by atoms with van der Waals surface area (Å²) in [6.45, 7) is 1.79. The van der Waals surface area contributed by atoms with Gasteiger partial charge in [-0.25, -0.2) is 14.4 Å². The third-order valence-electron chi connectivity index (χ3n) is 5.22. The predicted molar refractivity (Wildman–Crippen MR) is 118 cm³/mol. The van der Waals surface area contributed by atoms with Crippen LogP contribution in [-0.4, -0.2) is 14.5 Å². The predicted octanol–water partition coefficient (Wildman–Crippen LogP) is 3.76. The molecule has 3 N–H and O–H groups in total. The first-order chi connectivity index (χ1) is 14.9. The minimum Gasteiger partial charge on any atom is -0.382 e. The molecule has 1 atom stereocenters. The number of hydrogen-bond donors (Lipinski definition) is 2. The number of nitrogen functional groups attached to an aromatic ring is 1. The van der Waals surface area contributed by atoms with Gasteiger partial charge in [0.15, 0.2) is 5.43 Å². The van der Waals surface area contributed by atoms with Crippen LogP contribution in [0.3, 0.4) is 0 Å². The quantitative estimate of drug-likeness (QED) is 0.526. The van der Waals surface area contributed by atoms with Crippen molar-refractivity contribution < 1.29 is 4.39 Å². The second kappa shape index (κ2) is 7.88. The lowest BCUT2D eigenvalue weighted by atomic mass is 9.97. The first kappa shape index (κ1) is 20.0. The Morgan fingerprint density at radius 2 is 1.97 bits per heavy atom. The van der Waals surface area contributed by atoms with Crippen molar-refractivity contribution in [2.75, 3.05) is 11.1 Å². The molecule has 4 aromatic rings. The van der Waals surface area contributed by atoms with Crippen LogP contribution in [0, 0.1) is 17.1 Å². The molecule has 2 aromatic heterocycles. The molecule has 0 radical (unpaired) electrons. The van der Waals surface area contributed by atoms with Gasteiger partial charge in [-0.3, -0.25) is 4.79 Å². The lowest BCUT2D eigenvalue weighted by molar-refractivity contribution is 0.628. The SMILES string of the molecule is CC(Nc1ncnc(N)c1C#N)c1c(-c2cccc(F)c2)n(C)c2ccccc2c1=O. The van der Waals surface area contributed by atoms with Gasteiger partial charge in [0.25, 0.3) is 0 Å². The average molecular weight is 414 g/mol. The number of rotatable bonds is 4. The van der Waals surface area contributed by atoms with E-state index in [9.17, 15) is 14.4 Å². The third kappa shape index (κ3) is 3.46. The van der Waals surface area contributed by atoms with Crippen LogP contribution in [0.5, 0.6) is 0 Å². The molecule has 2 heterocycles. The molecule has 0 saturated heterocycles. The van der Waals surface area contributed by atoms with E-state index in [1.165, 1.54) is 18.5 Å². The van der Waals surface area contributed by atoms with E-state index in [0.29, 0.717) is 22.2 Å². The summed E-state index contributed by atoms with van der Waals surface area (Å²) in [5, 5.41) is 13.1. The fourth-order valence-electron chi connectivity index (χ4n) is 3.79. The van der Waals surface area contributed by atoms with E-state index in [-0.39, 0.29) is 22.6 Å². The van der Waals surface area contributed by atoms with Crippen LogP contribution in [0.4, 0.5) is 16.0 Å². The maximum Gasteiger partial charge on any atom is 0.195 e. The summed E-state index contributed by atoms with van der Waals surface area (Å²) in [5.74, 6) is -0.133. The average Bonchev–Trinajstić information content (AvgIpc) is 2.76. The highest BCUT2D eigenvalue weighted by Gasteiger charge is 2.23. The van der Waals surface area contributed by atoms with E-state index >= 15 is 0 Å². The molecule has 2 aromatic carbocycles. The summed E-state index contributed by atoms with van der Waals surface area (Å²) in [5.41, 5.74) is 7.99. The molecule has 0 aliphatic rings. The fraction of sp³-hybridized carbons (Fsp3) is 0.130. The number of para-hydroxylation sites is 1. The van der Waals surface area contributed by atoms with Crippen molar-refractivity contribution in [1.82, 2.24) is 14.5 Å². The van der Waals surface area contributed by atoms with E-state index in [1.54, 1.807) is 31.2 Å². The number of fused-ring (bicyclic) bond motifs is 1. The number of nitrogens with zero attached hydrogens (tertiary/aromatic N) is 4. The van der Waals surface area contributed by atoms with Gasteiger partial charge in [-0.15, -0.1) is 0 Å². The summed E-state index contributed by atoms with van der Waals surface area (Å²) in [4.78, 5) is 21.5. The Bertz CT molecular complexity index is 1410. The molecule has 0 bridgehead atoms. The minimum absolute atomic E-state index is 0.0453. The van der Waals surface area contributed by atoms with Gasteiger partial charge in [-0.1, -0.05) is 24.3 Å². The van der Waals surface area contributed by atoms with Gasteiger partial charge < -0.3 is 15.6 Å². The summed E-state index contributed by atoms with van der Waals surface area (Å²) in [7, 11) is 1.83. The van der Waals surface area contributed by atoms with E-state index < -0.39 is 11.9 Å². The van der Waals surface area contributed by atoms with Crippen molar-refractivity contribution >= 4 is 22.5 Å². The molecule has 31 heavy (non-hydrogen) atoms. The van der Waals surface area contributed by atoms with Gasteiger partial charge in [-0.2, -0.15) is 5.26 Å². The van der Waals surface area contributed by atoms with Crippen molar-refractivity contribution in [3.8, 4) is 17.3 Å². The molecule has 0 spiro atoms. The lowest BCUT2D eigenvalue weighted by Gasteiger charge is -2.23. The monoisotopic (exact) mass is 414 g/mol. The third-order valence-corrected chi connectivity index (χ3v) is 5.22. The van der Waals surface area contributed by atoms with Crippen LogP contribution in [0.1, 0.15) is 24.1 Å². The van der Waals surface area contributed by atoms with E-state index in [4.69, 9.17) is 5.73 Å². The van der Waals surface area contributed by atoms with Crippen molar-refractivity contribution in [3.05, 3.63) is 82.0 Å². The molecule has 1 unspecified atom stereocenters. The first-order valence-corrected chi connectivity index (χ1v) is 9.57. The zero-order valence-corrected chi connectivity index (χ0v) is 16.9. The van der Waals surface area contributed by atoms with Crippen LogP contribution in [0.25, 0.3) is 22.2 Å². The van der Waals surface area contributed by atoms with Crippen LogP contribution in [0.2, 0.25) is 0 Å². The highest BCUT2D eigenvalue weighted by atomic mass is 19.1. The molecule has 0 aliphatic carbocycles. The normalized spacial score (nSPS) is 11.8. The van der Waals surface area contributed by atoms with Gasteiger partial charge in [-0.05, 0) is 31.2 Å². The van der Waals surface area contributed by atoms with E-state index in [1.807, 2.05) is 29.8 Å². The topological polar surface area (TPSA) is 110 Å². The van der Waals surface area contributed by atoms with Gasteiger partial charge in [0, 0.05) is 23.6 Å². The Hall–Kier alpha value is -4.25. The van der Waals surface area contributed by atoms with Crippen molar-refractivity contribution in [1.29, 1.82) is 5.26 Å². The van der Waals surface area contributed by atoms with Crippen LogP contribution < -0.4 is 16.5 Å². The maximum absolute atomic E-state index is 14.1. The number of hydrogen-bond acceptors (Lipinski definition) is 6. The molecule has 8 heteroatoms. The highest BCUT2D eigenvalue weighted by molar-refractivity contribution is 5.85. The number of nitriles is 1. The molecule has 0 fully saturated rings. The highest BCUT2D eigenvalue weighted by Crippen LogP contribution is 2.31. The Morgan fingerprint density at radius 1 is 1.19 bits per heavy atom. The summed E-state index contributed by atoms with van der Waals surface area (Å²) < 4.78 is 15.9. The number of aryl methyl sites for hydroxylation is 1. The number of nitrogens with two attached hydrogens (primary N) is 1. The van der Waals surface area contributed by atoms with Crippen LogP contribution in [0.15, 0.2) is 59.7 Å². The lowest BCUT2D eigenvalue weighted by Crippen LogP contribution is -2.23. The molecular weight excluding hydrogens is 395 g/mol. The number of nitrogens with one attached hydrogen (secondary N) is 1. The zero-order chi connectivity index (χ0) is 22.1. The van der Waals surface area contributed by atoms with E-state index in [0.717, 1.165) is 5.52 Å². The molecule has 154 valence electrons. The Morgan fingerprint density at radius 3 is 2.71 bits per heavy atom. The van der Waals surface area contributed by atoms with Gasteiger partial charge in [0.1, 0.15) is 35.4 Å². The molecule has 0 saturated carbocycles. The Balaban J connectivity index is 1.98. The Kier molecular flexibility index (Phi) is 5.09. The second-order valence-corrected chi connectivity index (χ2v) is 7.14. The number of benzene rings is 2. The number of aromatic nitrogens is 3. The number of pyridine rings is 1. The molecule has 7 nitrogen and oxygen atoms in total. The van der Waals surface area contributed by atoms with E-state index in [2.05, 4.69) is 15.3 Å². The molecule has 0 amide bonds. The number of halogens is 1. The van der Waals surface area contributed by atoms with Crippen molar-refractivity contribution in [2.24, 2.45) is 7.05 Å². The smallest absolute Gasteiger partial charge is 0.195 e. The second-order valence-electron chi connectivity index (χ2n) is 7.14. The minimum atomic E-state index is -0.567. The number of anilines is 2. The largest absolute Gasteiger partial charge is 0.382 e. The summed E-state index contributed by atoms with van der Waals surface area (Å²) >= 11 is 0. The first-order valence-electron chi connectivity index (χ1n) is 9.57. The molecular formula is C23H19FN6O. The Labute approximate surface area is 177 Å². The summed E-state index contributed by atoms with van der Waals surface area (Å²) in [6, 6.07) is 14.8. The van der Waals surface area contributed by atoms with Gasteiger partial charge >= 0.3 is 0 Å². The summed E-state index contributed by atoms with van der Waals surface area (Å²) in [6.07, 6.45) is 1.25. The fourth-order valence-corrected chi connectivity index (χ4v) is 3.79. The maximum atomic E-state index is 14.1. The van der Waals surface area contributed by atoms with Crippen molar-refractivity contribution in [3.63, 3.8) is 0 Å². The molecule has 4 rings (SSSR count). The zero-order valence-electron chi connectivity index (χ0n) is 16.9. The van der Waals surface area contributed by atoms with Gasteiger partial charge in [0.05, 0.1) is 17.3 Å². The van der Waals surface area contributed by atoms with Gasteiger partial charge in [0.2, 0.25) is 0 Å². The van der Waals surface area contributed by atoms with Crippen molar-refractivity contribution in [2.45, 2.75) is 13.0 Å².